The zero-order chi connectivity index (χ0) is 28.7. The quantitative estimate of drug-likeness (QED) is 0.107. The molecule has 0 aliphatic rings. The largest absolute Gasteiger partial charge is 0.478 e. The Morgan fingerprint density at radius 1 is 0.925 bits per heavy atom. The van der Waals surface area contributed by atoms with Gasteiger partial charge in [-0.1, -0.05) is 72.3 Å². The number of halogens is 1. The monoisotopic (exact) mass is 588 g/mol. The number of ether oxygens (including phenoxy) is 4. The second-order valence-electron chi connectivity index (χ2n) is 8.25. The minimum Gasteiger partial charge on any atom is -0.478 e. The van der Waals surface area contributed by atoms with Gasteiger partial charge >= 0.3 is 18.0 Å². The molecule has 1 heterocycles. The number of aromatic nitrogens is 1. The molecular formula is C28H29ClN2O8S. The van der Waals surface area contributed by atoms with Crippen LogP contribution in [0.4, 0.5) is 9.93 Å². The fourth-order valence-corrected chi connectivity index (χ4v) is 4.36. The van der Waals surface area contributed by atoms with Crippen molar-refractivity contribution in [3.63, 3.8) is 0 Å². The van der Waals surface area contributed by atoms with E-state index in [4.69, 9.17) is 30.5 Å². The number of carbonyl (C=O) groups is 3. The zero-order valence-electron chi connectivity index (χ0n) is 21.8. The fraction of sp³-hybridized carbons (Fsp3) is 0.286. The number of nitrogens with zero attached hydrogens (tertiary/aromatic N) is 2. The molecule has 0 aliphatic heterocycles. The molecule has 212 valence electrons. The van der Waals surface area contributed by atoms with Gasteiger partial charge in [0.2, 0.25) is 0 Å². The van der Waals surface area contributed by atoms with Crippen LogP contribution in [0.1, 0.15) is 29.7 Å². The molecule has 0 saturated heterocycles. The summed E-state index contributed by atoms with van der Waals surface area (Å²) in [5, 5.41) is 11.4. The van der Waals surface area contributed by atoms with E-state index in [9.17, 15) is 19.5 Å². The van der Waals surface area contributed by atoms with E-state index in [0.29, 0.717) is 6.61 Å². The molecule has 0 radical (unpaired) electrons. The van der Waals surface area contributed by atoms with Crippen LogP contribution in [0.2, 0.25) is 0 Å². The summed E-state index contributed by atoms with van der Waals surface area (Å²) in [6.07, 6.45) is -0.910. The molecule has 0 unspecified atom stereocenters. The molecular weight excluding hydrogens is 560 g/mol. The van der Waals surface area contributed by atoms with Crippen molar-refractivity contribution in [2.24, 2.45) is 0 Å². The number of esters is 1. The first-order chi connectivity index (χ1) is 19.4. The summed E-state index contributed by atoms with van der Waals surface area (Å²) >= 11 is 7.36. The van der Waals surface area contributed by atoms with Crippen LogP contribution < -0.4 is 4.90 Å². The molecule has 1 aromatic heterocycles. The number of methoxy groups -OCH3 is 1. The summed E-state index contributed by atoms with van der Waals surface area (Å²) < 4.78 is 21.1. The Morgan fingerprint density at radius 3 is 2.15 bits per heavy atom. The molecule has 3 aromatic rings. The van der Waals surface area contributed by atoms with Gasteiger partial charge in [0.1, 0.15) is 25.5 Å². The number of benzene rings is 2. The molecule has 2 aromatic carbocycles. The molecule has 10 nitrogen and oxygen atoms in total. The van der Waals surface area contributed by atoms with Crippen LogP contribution >= 0.6 is 22.9 Å². The Morgan fingerprint density at radius 2 is 1.55 bits per heavy atom. The summed E-state index contributed by atoms with van der Waals surface area (Å²) in [7, 11) is 1.52. The zero-order valence-corrected chi connectivity index (χ0v) is 23.4. The molecule has 1 amide bonds. The predicted octanol–water partition coefficient (Wildman–Crippen LogP) is 5.46. The second kappa shape index (κ2) is 16.4. The molecule has 0 spiro atoms. The Bertz CT molecular complexity index is 1280. The molecule has 1 N–H and O–H groups in total. The lowest BCUT2D eigenvalue weighted by Crippen LogP contribution is -2.34. The lowest BCUT2D eigenvalue weighted by atomic mass is 10.1. The molecule has 0 atom stereocenters. The van der Waals surface area contributed by atoms with Crippen LogP contribution in [0.25, 0.3) is 5.57 Å². The van der Waals surface area contributed by atoms with Crippen molar-refractivity contribution in [2.45, 2.75) is 26.1 Å². The second-order valence-corrected chi connectivity index (χ2v) is 9.54. The van der Waals surface area contributed by atoms with Crippen LogP contribution in [0.15, 0.2) is 71.1 Å². The Labute approximate surface area is 240 Å². The Balaban J connectivity index is 1.69. The van der Waals surface area contributed by atoms with Crippen molar-refractivity contribution < 1.29 is 38.4 Å². The lowest BCUT2D eigenvalue weighted by molar-refractivity contribution is -0.145. The number of anilines is 1. The highest BCUT2D eigenvalue weighted by molar-refractivity contribution is 7.14. The number of thiazole rings is 1. The van der Waals surface area contributed by atoms with E-state index in [-0.39, 0.29) is 60.8 Å². The number of carboxylic acids is 1. The maximum absolute atomic E-state index is 12.9. The van der Waals surface area contributed by atoms with E-state index < -0.39 is 18.0 Å². The van der Waals surface area contributed by atoms with Gasteiger partial charge in [-0.2, -0.15) is 0 Å². The highest BCUT2D eigenvalue weighted by Gasteiger charge is 2.25. The van der Waals surface area contributed by atoms with E-state index in [1.54, 1.807) is 0 Å². The third kappa shape index (κ3) is 9.76. The van der Waals surface area contributed by atoms with Gasteiger partial charge in [-0.15, -0.1) is 11.3 Å². The molecule has 0 aliphatic carbocycles. The molecule has 12 heteroatoms. The number of rotatable bonds is 15. The van der Waals surface area contributed by atoms with Gasteiger partial charge in [-0.25, -0.2) is 19.5 Å². The van der Waals surface area contributed by atoms with Gasteiger partial charge in [-0.05, 0) is 17.5 Å². The van der Waals surface area contributed by atoms with E-state index in [1.165, 1.54) is 12.5 Å². The third-order valence-corrected chi connectivity index (χ3v) is 6.57. The summed E-state index contributed by atoms with van der Waals surface area (Å²) in [4.78, 5) is 42.7. The molecule has 3 rings (SSSR count). The highest BCUT2D eigenvalue weighted by Crippen LogP contribution is 2.30. The van der Waals surface area contributed by atoms with Gasteiger partial charge in [0, 0.05) is 17.5 Å². The average molecular weight is 589 g/mol. The average Bonchev–Trinajstić information content (AvgIpc) is 3.43. The van der Waals surface area contributed by atoms with E-state index >= 15 is 0 Å². The van der Waals surface area contributed by atoms with Gasteiger partial charge in [0.25, 0.3) is 0 Å². The van der Waals surface area contributed by atoms with Crippen LogP contribution in [0.5, 0.6) is 0 Å². The van der Waals surface area contributed by atoms with Crippen LogP contribution in [0.3, 0.4) is 0 Å². The van der Waals surface area contributed by atoms with Crippen molar-refractivity contribution in [2.75, 3.05) is 32.0 Å². The van der Waals surface area contributed by atoms with Crippen molar-refractivity contribution in [1.29, 1.82) is 0 Å². The number of aliphatic carboxylic acids is 1. The first-order valence-corrected chi connectivity index (χ1v) is 13.5. The summed E-state index contributed by atoms with van der Waals surface area (Å²) in [6, 6.07) is 18.3. The molecule has 0 saturated carbocycles. The molecule has 0 fully saturated rings. The number of carbonyl (C=O) groups excluding carboxylic acids is 2. The molecule has 40 heavy (non-hydrogen) atoms. The highest BCUT2D eigenvalue weighted by atomic mass is 35.5. The third-order valence-electron chi connectivity index (χ3n) is 5.33. The van der Waals surface area contributed by atoms with Gasteiger partial charge < -0.3 is 24.1 Å². The Hall–Kier alpha value is -3.77. The van der Waals surface area contributed by atoms with Crippen molar-refractivity contribution in [3.8, 4) is 0 Å². The number of carboxylic acid groups (broad SMARTS) is 1. The minimum absolute atomic E-state index is 0.0267. The van der Waals surface area contributed by atoms with Crippen LogP contribution in [0, 0.1) is 0 Å². The number of amides is 1. The van der Waals surface area contributed by atoms with Gasteiger partial charge in [0.05, 0.1) is 25.3 Å². The fourth-order valence-electron chi connectivity index (χ4n) is 3.30. The smallest absolute Gasteiger partial charge is 0.418 e. The van der Waals surface area contributed by atoms with Gasteiger partial charge in [-0.3, -0.25) is 4.79 Å². The van der Waals surface area contributed by atoms with Crippen LogP contribution in [-0.2, 0) is 41.8 Å². The summed E-state index contributed by atoms with van der Waals surface area (Å²) in [5.41, 5.74) is 1.38. The predicted molar refractivity (Wildman–Crippen MR) is 150 cm³/mol. The standard InChI is InChI=1S/C28H29ClN2O8S/c1-36-14-15-37-19-31(28(35)39-17-21-10-6-3-7-11-21)27-30-23(18-40-27)25(26(33)34)22(29)12-13-24(32)38-16-20-8-4-2-5-9-20/h2-11,18H,12-17,19H2,1H3,(H,33,34). The minimum atomic E-state index is -1.32. The number of hydrogen-bond acceptors (Lipinski definition) is 9. The SMILES string of the molecule is COCCOCN(C(=O)OCc1ccccc1)c1nc(C(C(=O)O)=C(Cl)CCC(=O)OCc2ccccc2)cs1. The summed E-state index contributed by atoms with van der Waals surface area (Å²) in [5.74, 6) is -1.85. The van der Waals surface area contributed by atoms with Crippen LogP contribution in [-0.4, -0.2) is 55.2 Å². The van der Waals surface area contributed by atoms with Crippen molar-refractivity contribution in [3.05, 3.63) is 87.9 Å². The summed E-state index contributed by atoms with van der Waals surface area (Å²) in [6.45, 7) is 0.454. The van der Waals surface area contributed by atoms with Crippen molar-refractivity contribution in [1.82, 2.24) is 4.98 Å². The Kier molecular flexibility index (Phi) is 12.6. The van der Waals surface area contributed by atoms with E-state index in [2.05, 4.69) is 4.98 Å². The van der Waals surface area contributed by atoms with Gasteiger partial charge in [0.15, 0.2) is 5.13 Å². The van der Waals surface area contributed by atoms with Crippen molar-refractivity contribution >= 4 is 51.7 Å². The van der Waals surface area contributed by atoms with E-state index in [0.717, 1.165) is 27.4 Å². The topological polar surface area (TPSA) is 124 Å². The van der Waals surface area contributed by atoms with E-state index in [1.807, 2.05) is 60.7 Å². The first-order valence-electron chi connectivity index (χ1n) is 12.2. The molecule has 0 bridgehead atoms. The normalized spacial score (nSPS) is 11.4. The lowest BCUT2D eigenvalue weighted by Gasteiger charge is -2.19. The maximum Gasteiger partial charge on any atom is 0.418 e. The number of allylic oxidation sites excluding steroid dienone is 1. The maximum atomic E-state index is 12.9. The first kappa shape index (κ1) is 30.8. The number of hydrogen-bond donors (Lipinski definition) is 1.